The molecule has 2 aromatic rings. The Bertz CT molecular complexity index is 853. The average Bonchev–Trinajstić information content (AvgIpc) is 2.62. The van der Waals surface area contributed by atoms with Crippen LogP contribution >= 0.6 is 0 Å². The Morgan fingerprint density at radius 2 is 1.92 bits per heavy atom. The van der Waals surface area contributed by atoms with Gasteiger partial charge in [0.25, 0.3) is 5.56 Å². The minimum atomic E-state index is -0.334. The van der Waals surface area contributed by atoms with Crippen molar-refractivity contribution in [1.29, 1.82) is 0 Å². The molecule has 1 aromatic heterocycles. The van der Waals surface area contributed by atoms with Crippen LogP contribution in [0.5, 0.6) is 11.5 Å². The van der Waals surface area contributed by atoms with Gasteiger partial charge in [-0.15, -0.1) is 0 Å². The van der Waals surface area contributed by atoms with Crippen molar-refractivity contribution in [1.82, 2.24) is 9.78 Å². The van der Waals surface area contributed by atoms with Gasteiger partial charge in [0.15, 0.2) is 0 Å². The lowest BCUT2D eigenvalue weighted by atomic mass is 9.88. The summed E-state index contributed by atoms with van der Waals surface area (Å²) in [4.78, 5) is 24.6. The summed E-state index contributed by atoms with van der Waals surface area (Å²) in [6.07, 6.45) is 2.76. The molecular formula is C19H23N3O4. The molecule has 0 aliphatic heterocycles. The molecule has 7 nitrogen and oxygen atoms in total. The molecule has 1 aromatic carbocycles. The van der Waals surface area contributed by atoms with E-state index in [0.29, 0.717) is 23.1 Å². The number of hydrogen-bond donors (Lipinski definition) is 1. The van der Waals surface area contributed by atoms with E-state index >= 15 is 0 Å². The highest BCUT2D eigenvalue weighted by Crippen LogP contribution is 2.26. The molecule has 1 atom stereocenters. The molecule has 1 aliphatic rings. The molecule has 0 saturated heterocycles. The van der Waals surface area contributed by atoms with Gasteiger partial charge >= 0.3 is 0 Å². The van der Waals surface area contributed by atoms with Crippen molar-refractivity contribution in [3.8, 4) is 11.5 Å². The van der Waals surface area contributed by atoms with Gasteiger partial charge in [-0.25, -0.2) is 4.68 Å². The lowest BCUT2D eigenvalue weighted by Gasteiger charge is -2.20. The predicted octanol–water partition coefficient (Wildman–Crippen LogP) is 2.02. The Morgan fingerprint density at radius 1 is 1.23 bits per heavy atom. The van der Waals surface area contributed by atoms with Crippen molar-refractivity contribution >= 4 is 11.6 Å². The third-order valence-corrected chi connectivity index (χ3v) is 4.54. The zero-order valence-corrected chi connectivity index (χ0v) is 15.2. The second-order valence-electron chi connectivity index (χ2n) is 6.61. The minimum absolute atomic E-state index is 0.138. The fourth-order valence-electron chi connectivity index (χ4n) is 3.14. The number of carbonyl (C=O) groups excluding carboxylic acids is 1. The summed E-state index contributed by atoms with van der Waals surface area (Å²) in [5.74, 6) is 1.36. The summed E-state index contributed by atoms with van der Waals surface area (Å²) in [5, 5.41) is 7.15. The quantitative estimate of drug-likeness (QED) is 0.885. The number of methoxy groups -OCH3 is 2. The van der Waals surface area contributed by atoms with Crippen LogP contribution in [-0.4, -0.2) is 29.9 Å². The smallest absolute Gasteiger partial charge is 0.267 e. The molecule has 7 heteroatoms. The summed E-state index contributed by atoms with van der Waals surface area (Å²) < 4.78 is 11.6. The molecule has 1 aliphatic carbocycles. The Labute approximate surface area is 151 Å². The number of hydrogen-bond acceptors (Lipinski definition) is 5. The third-order valence-electron chi connectivity index (χ3n) is 4.54. The Morgan fingerprint density at radius 3 is 2.58 bits per heavy atom. The largest absolute Gasteiger partial charge is 0.497 e. The van der Waals surface area contributed by atoms with Crippen molar-refractivity contribution in [2.45, 2.75) is 32.7 Å². The number of anilines is 1. The second kappa shape index (κ2) is 7.59. The molecule has 0 radical (unpaired) electrons. The Balaban J connectivity index is 1.76. The Hall–Kier alpha value is -2.83. The molecule has 0 saturated carbocycles. The first-order valence-electron chi connectivity index (χ1n) is 8.61. The number of carbonyl (C=O) groups is 1. The van der Waals surface area contributed by atoms with Crippen LogP contribution in [0.1, 0.15) is 24.6 Å². The summed E-state index contributed by atoms with van der Waals surface area (Å²) in [5.41, 5.74) is 2.20. The van der Waals surface area contributed by atoms with Crippen molar-refractivity contribution < 1.29 is 14.3 Å². The third kappa shape index (κ3) is 4.04. The van der Waals surface area contributed by atoms with E-state index in [-0.39, 0.29) is 18.0 Å². The Kier molecular flexibility index (Phi) is 5.25. The van der Waals surface area contributed by atoms with E-state index in [1.165, 1.54) is 18.9 Å². The number of nitrogens with one attached hydrogen (secondary N) is 1. The van der Waals surface area contributed by atoms with Crippen molar-refractivity contribution in [3.05, 3.63) is 45.9 Å². The number of fused-ring (bicyclic) bond motifs is 1. The zero-order chi connectivity index (χ0) is 18.7. The van der Waals surface area contributed by atoms with Crippen LogP contribution in [0.4, 0.5) is 5.69 Å². The van der Waals surface area contributed by atoms with Gasteiger partial charge in [-0.3, -0.25) is 9.59 Å². The molecule has 138 valence electrons. The monoisotopic (exact) mass is 357 g/mol. The molecule has 0 fully saturated rings. The summed E-state index contributed by atoms with van der Waals surface area (Å²) >= 11 is 0. The lowest BCUT2D eigenvalue weighted by molar-refractivity contribution is -0.117. The summed E-state index contributed by atoms with van der Waals surface area (Å²) in [6, 6.07) is 6.70. The number of nitrogens with zero attached hydrogens (tertiary/aromatic N) is 2. The van der Waals surface area contributed by atoms with E-state index in [4.69, 9.17) is 9.47 Å². The van der Waals surface area contributed by atoms with E-state index in [0.717, 1.165) is 30.5 Å². The van der Waals surface area contributed by atoms with E-state index in [1.54, 1.807) is 24.3 Å². The van der Waals surface area contributed by atoms with Crippen LogP contribution in [0, 0.1) is 5.92 Å². The van der Waals surface area contributed by atoms with E-state index < -0.39 is 0 Å². The van der Waals surface area contributed by atoms with Gasteiger partial charge in [0.1, 0.15) is 18.0 Å². The van der Waals surface area contributed by atoms with Crippen molar-refractivity contribution in [3.63, 3.8) is 0 Å². The van der Waals surface area contributed by atoms with Crippen molar-refractivity contribution in [2.75, 3.05) is 19.5 Å². The fraction of sp³-hybridized carbons (Fsp3) is 0.421. The van der Waals surface area contributed by atoms with Crippen LogP contribution in [-0.2, 0) is 24.2 Å². The lowest BCUT2D eigenvalue weighted by Crippen LogP contribution is -2.32. The summed E-state index contributed by atoms with van der Waals surface area (Å²) in [6.45, 7) is 2.03. The molecular weight excluding hydrogens is 334 g/mol. The van der Waals surface area contributed by atoms with E-state index in [2.05, 4.69) is 17.3 Å². The van der Waals surface area contributed by atoms with Crippen LogP contribution in [0.3, 0.4) is 0 Å². The van der Waals surface area contributed by atoms with Gasteiger partial charge in [0, 0.05) is 30.0 Å². The van der Waals surface area contributed by atoms with Gasteiger partial charge in [-0.2, -0.15) is 5.10 Å². The van der Waals surface area contributed by atoms with E-state index in [1.807, 2.05) is 0 Å². The number of benzene rings is 1. The molecule has 0 unspecified atom stereocenters. The predicted molar refractivity (Wildman–Crippen MR) is 97.9 cm³/mol. The van der Waals surface area contributed by atoms with Crippen LogP contribution in [0.15, 0.2) is 29.1 Å². The van der Waals surface area contributed by atoms with Crippen molar-refractivity contribution in [2.24, 2.45) is 5.92 Å². The standard InChI is InChI=1S/C19H23N3O4/c1-12-4-5-17-13(6-12)7-19(24)22(21-17)11-18(23)20-14-8-15(25-2)10-16(9-14)26-3/h7-10,12H,4-6,11H2,1-3H3,(H,20,23)/t12-/m0/s1. The average molecular weight is 357 g/mol. The molecule has 0 spiro atoms. The maximum atomic E-state index is 12.4. The molecule has 1 heterocycles. The van der Waals surface area contributed by atoms with Gasteiger partial charge < -0.3 is 14.8 Å². The van der Waals surface area contributed by atoms with Gasteiger partial charge in [-0.05, 0) is 30.7 Å². The summed E-state index contributed by atoms with van der Waals surface area (Å²) in [7, 11) is 3.08. The second-order valence-corrected chi connectivity index (χ2v) is 6.61. The highest BCUT2D eigenvalue weighted by atomic mass is 16.5. The number of aryl methyl sites for hydroxylation is 1. The van der Waals surface area contributed by atoms with Crippen LogP contribution < -0.4 is 20.3 Å². The van der Waals surface area contributed by atoms with Gasteiger partial charge in [0.2, 0.25) is 5.91 Å². The first-order valence-corrected chi connectivity index (χ1v) is 8.61. The normalized spacial score (nSPS) is 15.9. The number of ether oxygens (including phenoxy) is 2. The highest BCUT2D eigenvalue weighted by molar-refractivity contribution is 5.91. The number of amides is 1. The van der Waals surface area contributed by atoms with Crippen LogP contribution in [0.25, 0.3) is 0 Å². The van der Waals surface area contributed by atoms with Gasteiger partial charge in [-0.1, -0.05) is 6.92 Å². The van der Waals surface area contributed by atoms with Gasteiger partial charge in [0.05, 0.1) is 19.9 Å². The fourth-order valence-corrected chi connectivity index (χ4v) is 3.14. The molecule has 0 bridgehead atoms. The molecule has 1 amide bonds. The number of aromatic nitrogens is 2. The highest BCUT2D eigenvalue weighted by Gasteiger charge is 2.19. The van der Waals surface area contributed by atoms with Crippen LogP contribution in [0.2, 0.25) is 0 Å². The minimum Gasteiger partial charge on any atom is -0.497 e. The molecule has 1 N–H and O–H groups in total. The molecule has 3 rings (SSSR count). The topological polar surface area (TPSA) is 82.5 Å². The van der Waals surface area contributed by atoms with E-state index in [9.17, 15) is 9.59 Å². The molecule has 26 heavy (non-hydrogen) atoms. The maximum Gasteiger partial charge on any atom is 0.267 e. The number of rotatable bonds is 5. The first kappa shape index (κ1) is 18.0. The first-order chi connectivity index (χ1) is 12.5. The SMILES string of the molecule is COc1cc(NC(=O)Cn2nc3c(cc2=O)C[C@@H](C)CC3)cc(OC)c1. The zero-order valence-electron chi connectivity index (χ0n) is 15.2. The maximum absolute atomic E-state index is 12.4.